The fraction of sp³-hybridized carbons (Fsp3) is 0.294. The number of hydrogen-bond donors (Lipinski definition) is 0. The summed E-state index contributed by atoms with van der Waals surface area (Å²) in [5.74, 6) is 2.18. The van der Waals surface area contributed by atoms with Gasteiger partial charge in [-0.2, -0.15) is 0 Å². The summed E-state index contributed by atoms with van der Waals surface area (Å²) in [5.41, 5.74) is 2.54. The predicted octanol–water partition coefficient (Wildman–Crippen LogP) is 4.03. The fourth-order valence-electron chi connectivity index (χ4n) is 2.67. The van der Waals surface area contributed by atoms with Crippen molar-refractivity contribution in [2.75, 3.05) is 11.5 Å². The van der Waals surface area contributed by atoms with E-state index in [-0.39, 0.29) is 10.5 Å². The Morgan fingerprint density at radius 3 is 2.00 bits per heavy atom. The van der Waals surface area contributed by atoms with Gasteiger partial charge in [-0.1, -0.05) is 60.7 Å². The molecule has 0 bridgehead atoms. The Labute approximate surface area is 127 Å². The number of thioether (sulfide) groups is 1. The minimum absolute atomic E-state index is 0.175. The molecule has 2 aromatic carbocycles. The van der Waals surface area contributed by atoms with Crippen molar-refractivity contribution < 1.29 is 4.21 Å². The van der Waals surface area contributed by atoms with Gasteiger partial charge >= 0.3 is 0 Å². The van der Waals surface area contributed by atoms with E-state index >= 15 is 0 Å². The lowest BCUT2D eigenvalue weighted by Crippen LogP contribution is -2.27. The summed E-state index contributed by atoms with van der Waals surface area (Å²) in [6.07, 6.45) is 1.07. The standard InChI is InChI=1S/C17H18OS2/c18-20-13-7-12-19-17(20)16(14-8-3-1-4-9-14)15-10-5-2-6-11-15/h1-6,8-11,16-17H,7,12-13H2/t17-,20+/m1/s1. The minimum Gasteiger partial charge on any atom is -0.258 e. The van der Waals surface area contributed by atoms with Crippen molar-refractivity contribution >= 4 is 22.6 Å². The van der Waals surface area contributed by atoms with Crippen LogP contribution in [0.2, 0.25) is 0 Å². The molecule has 1 saturated heterocycles. The predicted molar refractivity (Wildman–Crippen MR) is 88.6 cm³/mol. The second kappa shape index (κ2) is 6.59. The number of hydrogen-bond acceptors (Lipinski definition) is 2. The van der Waals surface area contributed by atoms with Crippen molar-refractivity contribution in [1.82, 2.24) is 0 Å². The van der Waals surface area contributed by atoms with E-state index in [0.29, 0.717) is 0 Å². The first-order valence-electron chi connectivity index (χ1n) is 6.95. The van der Waals surface area contributed by atoms with E-state index in [1.807, 2.05) is 23.9 Å². The second-order valence-electron chi connectivity index (χ2n) is 4.98. The molecule has 2 atom stereocenters. The number of rotatable bonds is 3. The molecule has 1 nitrogen and oxygen atoms in total. The van der Waals surface area contributed by atoms with Crippen molar-refractivity contribution in [3.05, 3.63) is 71.8 Å². The summed E-state index contributed by atoms with van der Waals surface area (Å²) in [6, 6.07) is 21.0. The van der Waals surface area contributed by atoms with Gasteiger partial charge in [0.1, 0.15) is 0 Å². The van der Waals surface area contributed by atoms with Crippen molar-refractivity contribution in [2.45, 2.75) is 16.9 Å². The van der Waals surface area contributed by atoms with Crippen LogP contribution < -0.4 is 0 Å². The van der Waals surface area contributed by atoms with Gasteiger partial charge in [-0.3, -0.25) is 4.21 Å². The average molecular weight is 302 g/mol. The Bertz CT molecular complexity index is 529. The van der Waals surface area contributed by atoms with Gasteiger partial charge < -0.3 is 0 Å². The third kappa shape index (κ3) is 2.99. The first kappa shape index (κ1) is 13.9. The Hall–Kier alpha value is -1.06. The molecule has 0 unspecified atom stereocenters. The van der Waals surface area contributed by atoms with Crippen LogP contribution in [0, 0.1) is 0 Å². The van der Waals surface area contributed by atoms with Crippen LogP contribution in [0.5, 0.6) is 0 Å². The summed E-state index contributed by atoms with van der Waals surface area (Å²) in [6.45, 7) is 0. The quantitative estimate of drug-likeness (QED) is 0.851. The van der Waals surface area contributed by atoms with Gasteiger partial charge in [0, 0.05) is 22.5 Å². The molecule has 0 aliphatic carbocycles. The van der Waals surface area contributed by atoms with Crippen LogP contribution in [0.15, 0.2) is 60.7 Å². The maximum absolute atomic E-state index is 12.5. The van der Waals surface area contributed by atoms with Crippen molar-refractivity contribution in [3.63, 3.8) is 0 Å². The normalized spacial score (nSPS) is 22.9. The lowest BCUT2D eigenvalue weighted by molar-refractivity contribution is 0.673. The van der Waals surface area contributed by atoms with E-state index in [9.17, 15) is 4.21 Å². The van der Waals surface area contributed by atoms with Gasteiger partial charge in [-0.05, 0) is 23.3 Å². The highest BCUT2D eigenvalue weighted by atomic mass is 32.2. The fourth-order valence-corrected chi connectivity index (χ4v) is 6.36. The SMILES string of the molecule is O=[S@]1CCCS[C@H]1C(c1ccccc1)c1ccccc1. The maximum atomic E-state index is 12.5. The van der Waals surface area contributed by atoms with E-state index in [2.05, 4.69) is 48.5 Å². The first-order valence-corrected chi connectivity index (χ1v) is 9.38. The van der Waals surface area contributed by atoms with E-state index in [0.717, 1.165) is 17.9 Å². The van der Waals surface area contributed by atoms with Gasteiger partial charge in [-0.15, -0.1) is 11.8 Å². The average Bonchev–Trinajstić information content (AvgIpc) is 2.52. The van der Waals surface area contributed by atoms with Crippen LogP contribution in [-0.4, -0.2) is 20.3 Å². The topological polar surface area (TPSA) is 17.1 Å². The van der Waals surface area contributed by atoms with Gasteiger partial charge in [-0.25, -0.2) is 0 Å². The molecule has 1 heterocycles. The van der Waals surface area contributed by atoms with Crippen LogP contribution in [0.1, 0.15) is 23.5 Å². The molecule has 1 aliphatic rings. The van der Waals surface area contributed by atoms with Gasteiger partial charge in [0.05, 0.1) is 4.58 Å². The molecular formula is C17H18OS2. The molecule has 3 rings (SSSR count). The van der Waals surface area contributed by atoms with Gasteiger partial charge in [0.15, 0.2) is 0 Å². The van der Waals surface area contributed by atoms with Crippen LogP contribution in [0.3, 0.4) is 0 Å². The van der Waals surface area contributed by atoms with Crippen LogP contribution in [0.25, 0.3) is 0 Å². The van der Waals surface area contributed by atoms with E-state index < -0.39 is 10.8 Å². The zero-order chi connectivity index (χ0) is 13.8. The third-order valence-electron chi connectivity index (χ3n) is 3.62. The van der Waals surface area contributed by atoms with Crippen LogP contribution in [0.4, 0.5) is 0 Å². The Balaban J connectivity index is 2.02. The van der Waals surface area contributed by atoms with E-state index in [4.69, 9.17) is 0 Å². The summed E-state index contributed by atoms with van der Waals surface area (Å²) >= 11 is 1.87. The first-order chi connectivity index (χ1) is 9.86. The zero-order valence-electron chi connectivity index (χ0n) is 11.3. The molecular weight excluding hydrogens is 284 g/mol. The molecule has 0 spiro atoms. The van der Waals surface area contributed by atoms with Crippen molar-refractivity contribution in [3.8, 4) is 0 Å². The highest BCUT2D eigenvalue weighted by molar-refractivity contribution is 8.11. The summed E-state index contributed by atoms with van der Waals surface area (Å²) in [5, 5.41) is 0. The molecule has 0 radical (unpaired) electrons. The van der Waals surface area contributed by atoms with Crippen LogP contribution >= 0.6 is 11.8 Å². The highest BCUT2D eigenvalue weighted by Crippen LogP contribution is 2.39. The van der Waals surface area contributed by atoms with Crippen molar-refractivity contribution in [2.24, 2.45) is 0 Å². The zero-order valence-corrected chi connectivity index (χ0v) is 12.9. The molecule has 0 saturated carbocycles. The minimum atomic E-state index is -0.746. The third-order valence-corrected chi connectivity index (χ3v) is 7.28. The molecule has 0 N–H and O–H groups in total. The lowest BCUT2D eigenvalue weighted by atomic mass is 9.93. The Kier molecular flexibility index (Phi) is 4.58. The van der Waals surface area contributed by atoms with E-state index in [1.54, 1.807) is 0 Å². The molecule has 1 aliphatic heterocycles. The lowest BCUT2D eigenvalue weighted by Gasteiger charge is -2.30. The van der Waals surface area contributed by atoms with E-state index in [1.165, 1.54) is 11.1 Å². The van der Waals surface area contributed by atoms with Crippen LogP contribution in [-0.2, 0) is 10.8 Å². The molecule has 1 fully saturated rings. The summed E-state index contributed by atoms with van der Waals surface area (Å²) < 4.78 is 12.6. The maximum Gasteiger partial charge on any atom is 0.0910 e. The molecule has 2 aromatic rings. The second-order valence-corrected chi connectivity index (χ2v) is 8.20. The smallest absolute Gasteiger partial charge is 0.0910 e. The molecule has 20 heavy (non-hydrogen) atoms. The molecule has 104 valence electrons. The van der Waals surface area contributed by atoms with Gasteiger partial charge in [0.2, 0.25) is 0 Å². The Morgan fingerprint density at radius 1 is 0.950 bits per heavy atom. The molecule has 0 amide bonds. The summed E-state index contributed by atoms with van der Waals surface area (Å²) in [7, 11) is -0.746. The largest absolute Gasteiger partial charge is 0.258 e. The van der Waals surface area contributed by atoms with Crippen molar-refractivity contribution in [1.29, 1.82) is 0 Å². The van der Waals surface area contributed by atoms with Gasteiger partial charge in [0.25, 0.3) is 0 Å². The highest BCUT2D eigenvalue weighted by Gasteiger charge is 2.32. The summed E-state index contributed by atoms with van der Waals surface area (Å²) in [4.78, 5) is 0. The Morgan fingerprint density at radius 2 is 1.50 bits per heavy atom. The monoisotopic (exact) mass is 302 g/mol. The molecule has 0 aromatic heterocycles. The number of benzene rings is 2. The molecule has 3 heteroatoms.